The Morgan fingerprint density at radius 3 is 1.86 bits per heavy atom. The zero-order chi connectivity index (χ0) is 15.6. The van der Waals surface area contributed by atoms with Crippen LogP contribution in [0.4, 0.5) is 0 Å². The van der Waals surface area contributed by atoms with Crippen LogP contribution in [-0.2, 0) is 9.53 Å². The standard InChI is InChI=1S/C18H35NO2/c1-3-5-6-7-8-9-10-11-12-13-14-15-16-19-17-21-18(20)4-2/h4,19H,2-3,5-17H2,1H3. The summed E-state index contributed by atoms with van der Waals surface area (Å²) < 4.78 is 4.83. The van der Waals surface area contributed by atoms with Crippen LogP contribution < -0.4 is 5.32 Å². The summed E-state index contributed by atoms with van der Waals surface area (Å²) in [5.74, 6) is -0.364. The van der Waals surface area contributed by atoms with Crippen LogP contribution in [0.2, 0.25) is 0 Å². The quantitative estimate of drug-likeness (QED) is 0.189. The van der Waals surface area contributed by atoms with Crippen molar-refractivity contribution < 1.29 is 9.53 Å². The van der Waals surface area contributed by atoms with E-state index in [-0.39, 0.29) is 5.97 Å². The van der Waals surface area contributed by atoms with Crippen LogP contribution in [0, 0.1) is 0 Å². The van der Waals surface area contributed by atoms with E-state index in [1.807, 2.05) is 0 Å². The smallest absolute Gasteiger partial charge is 0.331 e. The molecule has 0 aromatic rings. The molecule has 0 bridgehead atoms. The Balaban J connectivity index is 2.99. The van der Waals surface area contributed by atoms with Crippen molar-refractivity contribution in [1.82, 2.24) is 5.32 Å². The van der Waals surface area contributed by atoms with E-state index in [4.69, 9.17) is 4.74 Å². The second kappa shape index (κ2) is 17.2. The first kappa shape index (κ1) is 20.2. The average molecular weight is 297 g/mol. The molecule has 0 amide bonds. The van der Waals surface area contributed by atoms with Crippen molar-refractivity contribution in [1.29, 1.82) is 0 Å². The average Bonchev–Trinajstić information content (AvgIpc) is 2.50. The van der Waals surface area contributed by atoms with Gasteiger partial charge in [0.1, 0.15) is 6.73 Å². The Morgan fingerprint density at radius 1 is 0.905 bits per heavy atom. The Labute approximate surface area is 131 Å². The molecule has 0 aromatic carbocycles. The molecule has 0 aliphatic carbocycles. The number of unbranched alkanes of at least 4 members (excludes halogenated alkanes) is 11. The highest BCUT2D eigenvalue weighted by Gasteiger charge is 1.95. The number of ether oxygens (including phenoxy) is 1. The number of carbonyl (C=O) groups is 1. The molecule has 0 fully saturated rings. The van der Waals surface area contributed by atoms with Gasteiger partial charge in [0.05, 0.1) is 0 Å². The number of hydrogen-bond acceptors (Lipinski definition) is 3. The van der Waals surface area contributed by atoms with Crippen LogP contribution >= 0.6 is 0 Å². The second-order valence-electron chi connectivity index (χ2n) is 5.70. The summed E-state index contributed by atoms with van der Waals surface area (Å²) >= 11 is 0. The van der Waals surface area contributed by atoms with Gasteiger partial charge in [0.15, 0.2) is 0 Å². The van der Waals surface area contributed by atoms with Gasteiger partial charge in [-0.2, -0.15) is 0 Å². The number of esters is 1. The molecule has 0 aliphatic heterocycles. The maximum Gasteiger partial charge on any atom is 0.331 e. The van der Waals surface area contributed by atoms with Gasteiger partial charge in [-0.3, -0.25) is 5.32 Å². The van der Waals surface area contributed by atoms with Crippen molar-refractivity contribution >= 4 is 5.97 Å². The highest BCUT2D eigenvalue weighted by molar-refractivity contribution is 5.81. The molecule has 1 N–H and O–H groups in total. The van der Waals surface area contributed by atoms with E-state index in [0.717, 1.165) is 13.0 Å². The normalized spacial score (nSPS) is 10.5. The number of hydrogen-bond donors (Lipinski definition) is 1. The van der Waals surface area contributed by atoms with Crippen molar-refractivity contribution in [3.63, 3.8) is 0 Å². The Bertz CT molecular complexity index is 241. The largest absolute Gasteiger partial charge is 0.447 e. The van der Waals surface area contributed by atoms with Gasteiger partial charge in [-0.05, 0) is 13.0 Å². The van der Waals surface area contributed by atoms with E-state index >= 15 is 0 Å². The van der Waals surface area contributed by atoms with Gasteiger partial charge in [-0.25, -0.2) is 4.79 Å². The zero-order valence-electron chi connectivity index (χ0n) is 14.0. The van der Waals surface area contributed by atoms with E-state index in [1.54, 1.807) is 0 Å². The maximum atomic E-state index is 10.8. The number of rotatable bonds is 16. The Morgan fingerprint density at radius 2 is 1.38 bits per heavy atom. The fraction of sp³-hybridized carbons (Fsp3) is 0.833. The van der Waals surface area contributed by atoms with Crippen LogP contribution in [0.15, 0.2) is 12.7 Å². The van der Waals surface area contributed by atoms with Crippen molar-refractivity contribution in [2.75, 3.05) is 13.3 Å². The molecular formula is C18H35NO2. The zero-order valence-corrected chi connectivity index (χ0v) is 14.0. The third-order valence-electron chi connectivity index (χ3n) is 3.69. The van der Waals surface area contributed by atoms with E-state index in [2.05, 4.69) is 18.8 Å². The molecule has 0 saturated carbocycles. The van der Waals surface area contributed by atoms with Gasteiger partial charge in [-0.15, -0.1) is 0 Å². The molecule has 0 unspecified atom stereocenters. The molecule has 0 rings (SSSR count). The van der Waals surface area contributed by atoms with Crippen LogP contribution in [0.1, 0.15) is 84.0 Å². The van der Waals surface area contributed by atoms with E-state index in [0.29, 0.717) is 6.73 Å². The fourth-order valence-electron chi connectivity index (χ4n) is 2.34. The number of carbonyl (C=O) groups excluding carboxylic acids is 1. The summed E-state index contributed by atoms with van der Waals surface area (Å²) in [4.78, 5) is 10.8. The first-order valence-corrected chi connectivity index (χ1v) is 8.81. The van der Waals surface area contributed by atoms with Gasteiger partial charge in [0.2, 0.25) is 0 Å². The summed E-state index contributed by atoms with van der Waals surface area (Å²) in [5, 5.41) is 3.10. The van der Waals surface area contributed by atoms with Gasteiger partial charge in [0.25, 0.3) is 0 Å². The highest BCUT2D eigenvalue weighted by atomic mass is 16.5. The predicted molar refractivity (Wildman–Crippen MR) is 90.2 cm³/mol. The second-order valence-corrected chi connectivity index (χ2v) is 5.70. The van der Waals surface area contributed by atoms with Gasteiger partial charge in [0, 0.05) is 6.08 Å². The van der Waals surface area contributed by atoms with Crippen molar-refractivity contribution in [3.8, 4) is 0 Å². The lowest BCUT2D eigenvalue weighted by Crippen LogP contribution is -2.21. The minimum Gasteiger partial charge on any atom is -0.447 e. The molecule has 0 atom stereocenters. The Hall–Kier alpha value is -0.830. The lowest BCUT2D eigenvalue weighted by atomic mass is 10.1. The topological polar surface area (TPSA) is 38.3 Å². The minimum absolute atomic E-state index is 0.295. The fourth-order valence-corrected chi connectivity index (χ4v) is 2.34. The molecule has 0 heterocycles. The van der Waals surface area contributed by atoms with Crippen LogP contribution in [0.5, 0.6) is 0 Å². The van der Waals surface area contributed by atoms with Gasteiger partial charge >= 0.3 is 5.97 Å². The number of nitrogens with one attached hydrogen (secondary N) is 1. The lowest BCUT2D eigenvalue weighted by molar-refractivity contribution is -0.138. The van der Waals surface area contributed by atoms with Crippen LogP contribution in [0.3, 0.4) is 0 Å². The summed E-state index contributed by atoms with van der Waals surface area (Å²) in [6.07, 6.45) is 17.5. The highest BCUT2D eigenvalue weighted by Crippen LogP contribution is 2.11. The Kier molecular flexibility index (Phi) is 16.5. The van der Waals surface area contributed by atoms with Crippen molar-refractivity contribution in [3.05, 3.63) is 12.7 Å². The van der Waals surface area contributed by atoms with Gasteiger partial charge in [-0.1, -0.05) is 84.1 Å². The molecule has 21 heavy (non-hydrogen) atoms. The van der Waals surface area contributed by atoms with E-state index in [1.165, 1.54) is 76.7 Å². The molecule has 0 aliphatic rings. The van der Waals surface area contributed by atoms with Crippen molar-refractivity contribution in [2.24, 2.45) is 0 Å². The van der Waals surface area contributed by atoms with E-state index in [9.17, 15) is 4.79 Å². The molecule has 124 valence electrons. The van der Waals surface area contributed by atoms with Crippen molar-refractivity contribution in [2.45, 2.75) is 84.0 Å². The molecule has 0 spiro atoms. The first-order valence-electron chi connectivity index (χ1n) is 8.81. The third-order valence-corrected chi connectivity index (χ3v) is 3.69. The minimum atomic E-state index is -0.364. The molecule has 0 radical (unpaired) electrons. The van der Waals surface area contributed by atoms with Crippen LogP contribution in [0.25, 0.3) is 0 Å². The van der Waals surface area contributed by atoms with Gasteiger partial charge < -0.3 is 4.74 Å². The predicted octanol–water partition coefficient (Wildman–Crippen LogP) is 4.96. The molecule has 0 aromatic heterocycles. The lowest BCUT2D eigenvalue weighted by Gasteiger charge is -2.05. The summed E-state index contributed by atoms with van der Waals surface area (Å²) in [6.45, 7) is 6.83. The SMILES string of the molecule is C=CC(=O)OCNCCCCCCCCCCCCCC. The molecule has 3 nitrogen and oxygen atoms in total. The molecule has 0 saturated heterocycles. The first-order chi connectivity index (χ1) is 10.3. The molecular weight excluding hydrogens is 262 g/mol. The van der Waals surface area contributed by atoms with E-state index < -0.39 is 0 Å². The summed E-state index contributed by atoms with van der Waals surface area (Å²) in [7, 11) is 0. The molecule has 3 heteroatoms. The third kappa shape index (κ3) is 17.1. The van der Waals surface area contributed by atoms with Crippen LogP contribution in [-0.4, -0.2) is 19.2 Å². The monoisotopic (exact) mass is 297 g/mol. The summed E-state index contributed by atoms with van der Waals surface area (Å²) in [6, 6.07) is 0. The summed E-state index contributed by atoms with van der Waals surface area (Å²) in [5.41, 5.74) is 0. The maximum absolute atomic E-state index is 10.8.